The van der Waals surface area contributed by atoms with Crippen molar-refractivity contribution in [3.63, 3.8) is 0 Å². The SMILES string of the molecule is CNC(=O)[C@@H]1Cc2cc(OC)c(OC)cc2CN1C(=O)CC1NC(=O)c2ccccc2NC1=O. The number of carbonyl (C=O) groups is 4. The summed E-state index contributed by atoms with van der Waals surface area (Å²) in [5.41, 5.74) is 2.39. The van der Waals surface area contributed by atoms with E-state index in [2.05, 4.69) is 16.0 Å². The van der Waals surface area contributed by atoms with Crippen LogP contribution in [0.5, 0.6) is 11.5 Å². The monoisotopic (exact) mass is 466 g/mol. The Hall–Kier alpha value is -4.08. The fourth-order valence-electron chi connectivity index (χ4n) is 4.32. The molecule has 10 nitrogen and oxygen atoms in total. The van der Waals surface area contributed by atoms with E-state index in [-0.39, 0.29) is 25.3 Å². The second kappa shape index (κ2) is 9.42. The fraction of sp³-hybridized carbons (Fsp3) is 0.333. The van der Waals surface area contributed by atoms with Crippen molar-refractivity contribution < 1.29 is 28.7 Å². The van der Waals surface area contributed by atoms with Gasteiger partial charge in [-0.3, -0.25) is 19.2 Å². The van der Waals surface area contributed by atoms with Gasteiger partial charge in [-0.1, -0.05) is 12.1 Å². The van der Waals surface area contributed by atoms with Gasteiger partial charge in [0.1, 0.15) is 12.1 Å². The van der Waals surface area contributed by atoms with E-state index < -0.39 is 29.8 Å². The molecule has 0 saturated heterocycles. The Labute approximate surface area is 196 Å². The van der Waals surface area contributed by atoms with Crippen molar-refractivity contribution >= 4 is 29.3 Å². The van der Waals surface area contributed by atoms with E-state index in [1.165, 1.54) is 26.2 Å². The number of ether oxygens (including phenoxy) is 2. The zero-order valence-corrected chi connectivity index (χ0v) is 19.1. The van der Waals surface area contributed by atoms with E-state index in [1.54, 1.807) is 30.3 Å². The average molecular weight is 466 g/mol. The third kappa shape index (κ3) is 4.26. The van der Waals surface area contributed by atoms with E-state index in [4.69, 9.17) is 9.47 Å². The summed E-state index contributed by atoms with van der Waals surface area (Å²) in [6.45, 7) is 0.148. The van der Waals surface area contributed by atoms with Crippen molar-refractivity contribution in [1.29, 1.82) is 0 Å². The molecule has 2 aromatic carbocycles. The number of benzene rings is 2. The molecule has 0 saturated carbocycles. The number of carbonyl (C=O) groups excluding carboxylic acids is 4. The average Bonchev–Trinajstić information content (AvgIpc) is 2.97. The highest BCUT2D eigenvalue weighted by atomic mass is 16.5. The number of nitrogens with zero attached hydrogens (tertiary/aromatic N) is 1. The molecule has 2 aliphatic rings. The molecule has 178 valence electrons. The van der Waals surface area contributed by atoms with Crippen molar-refractivity contribution in [2.45, 2.75) is 31.5 Å². The first kappa shape index (κ1) is 23.1. The fourth-order valence-corrected chi connectivity index (χ4v) is 4.32. The lowest BCUT2D eigenvalue weighted by atomic mass is 9.92. The summed E-state index contributed by atoms with van der Waals surface area (Å²) in [4.78, 5) is 52.9. The van der Waals surface area contributed by atoms with Gasteiger partial charge in [-0.05, 0) is 35.4 Å². The number of likely N-dealkylation sites (N-methyl/N-ethyl adjacent to an activating group) is 1. The molecule has 10 heteroatoms. The van der Waals surface area contributed by atoms with E-state index in [0.717, 1.165) is 11.1 Å². The Morgan fingerprint density at radius 1 is 1.09 bits per heavy atom. The van der Waals surface area contributed by atoms with Gasteiger partial charge >= 0.3 is 0 Å². The van der Waals surface area contributed by atoms with Crippen LogP contribution in [0.25, 0.3) is 0 Å². The third-order valence-corrected chi connectivity index (χ3v) is 6.14. The van der Waals surface area contributed by atoms with Gasteiger partial charge in [0.15, 0.2) is 11.5 Å². The maximum Gasteiger partial charge on any atom is 0.254 e. The van der Waals surface area contributed by atoms with Crippen molar-refractivity contribution in [2.75, 3.05) is 26.6 Å². The van der Waals surface area contributed by atoms with Crippen LogP contribution in [0, 0.1) is 0 Å². The van der Waals surface area contributed by atoms with E-state index in [0.29, 0.717) is 22.7 Å². The summed E-state index contributed by atoms with van der Waals surface area (Å²) < 4.78 is 10.7. The Morgan fingerprint density at radius 2 is 1.76 bits per heavy atom. The largest absolute Gasteiger partial charge is 0.493 e. The Morgan fingerprint density at radius 3 is 2.44 bits per heavy atom. The number of fused-ring (bicyclic) bond motifs is 2. The molecule has 0 aromatic heterocycles. The lowest BCUT2D eigenvalue weighted by Crippen LogP contribution is -2.54. The van der Waals surface area contributed by atoms with Crippen LogP contribution in [0.4, 0.5) is 5.69 Å². The summed E-state index contributed by atoms with van der Waals surface area (Å²) in [5, 5.41) is 7.93. The summed E-state index contributed by atoms with van der Waals surface area (Å²) in [5.74, 6) is -0.646. The predicted molar refractivity (Wildman–Crippen MR) is 123 cm³/mol. The Kier molecular flexibility index (Phi) is 6.40. The minimum Gasteiger partial charge on any atom is -0.493 e. The number of amides is 4. The predicted octanol–water partition coefficient (Wildman–Crippen LogP) is 0.844. The minimum absolute atomic E-state index is 0.148. The zero-order chi connectivity index (χ0) is 24.4. The van der Waals surface area contributed by atoms with E-state index in [1.807, 2.05) is 6.07 Å². The lowest BCUT2D eigenvalue weighted by molar-refractivity contribution is -0.142. The van der Waals surface area contributed by atoms with Crippen LogP contribution >= 0.6 is 0 Å². The molecule has 0 bridgehead atoms. The molecule has 4 rings (SSSR count). The molecule has 1 unspecified atom stereocenters. The van der Waals surface area contributed by atoms with Gasteiger partial charge in [0, 0.05) is 20.0 Å². The topological polar surface area (TPSA) is 126 Å². The molecule has 34 heavy (non-hydrogen) atoms. The van der Waals surface area contributed by atoms with Crippen molar-refractivity contribution in [2.24, 2.45) is 0 Å². The van der Waals surface area contributed by atoms with Gasteiger partial charge in [-0.15, -0.1) is 0 Å². The normalized spacial score (nSPS) is 19.1. The van der Waals surface area contributed by atoms with Crippen LogP contribution in [0.1, 0.15) is 27.9 Å². The molecule has 0 radical (unpaired) electrons. The van der Waals surface area contributed by atoms with Crippen LogP contribution in [-0.2, 0) is 27.3 Å². The molecular weight excluding hydrogens is 440 g/mol. The second-order valence-corrected chi connectivity index (χ2v) is 8.10. The molecule has 2 heterocycles. The molecule has 3 N–H and O–H groups in total. The maximum atomic E-state index is 13.4. The molecule has 2 atom stereocenters. The van der Waals surface area contributed by atoms with Crippen LogP contribution in [0.2, 0.25) is 0 Å². The third-order valence-electron chi connectivity index (χ3n) is 6.14. The lowest BCUT2D eigenvalue weighted by Gasteiger charge is -2.36. The van der Waals surface area contributed by atoms with E-state index in [9.17, 15) is 19.2 Å². The highest BCUT2D eigenvalue weighted by molar-refractivity contribution is 6.10. The summed E-state index contributed by atoms with van der Waals surface area (Å²) in [7, 11) is 4.56. The molecule has 0 aliphatic carbocycles. The Bertz CT molecular complexity index is 1160. The summed E-state index contributed by atoms with van der Waals surface area (Å²) in [6.07, 6.45) is -0.0164. The summed E-state index contributed by atoms with van der Waals surface area (Å²) in [6, 6.07) is 8.36. The Balaban J connectivity index is 1.59. The molecule has 2 aromatic rings. The number of rotatable bonds is 5. The second-order valence-electron chi connectivity index (χ2n) is 8.10. The molecule has 2 aliphatic heterocycles. The zero-order valence-electron chi connectivity index (χ0n) is 19.1. The van der Waals surface area contributed by atoms with Crippen molar-refractivity contribution in [1.82, 2.24) is 15.5 Å². The first-order valence-electron chi connectivity index (χ1n) is 10.8. The highest BCUT2D eigenvalue weighted by Crippen LogP contribution is 2.35. The quantitative estimate of drug-likeness (QED) is 0.600. The number of hydrogen-bond donors (Lipinski definition) is 3. The van der Waals surface area contributed by atoms with Crippen LogP contribution in [0.15, 0.2) is 36.4 Å². The van der Waals surface area contributed by atoms with Crippen LogP contribution in [0.3, 0.4) is 0 Å². The highest BCUT2D eigenvalue weighted by Gasteiger charge is 2.38. The molecule has 0 fully saturated rings. The van der Waals surface area contributed by atoms with Gasteiger partial charge in [-0.2, -0.15) is 0 Å². The van der Waals surface area contributed by atoms with Gasteiger partial charge in [0.2, 0.25) is 17.7 Å². The number of hydrogen-bond acceptors (Lipinski definition) is 6. The van der Waals surface area contributed by atoms with Gasteiger partial charge < -0.3 is 30.3 Å². The van der Waals surface area contributed by atoms with Crippen molar-refractivity contribution in [3.8, 4) is 11.5 Å². The van der Waals surface area contributed by atoms with Gasteiger partial charge in [0.05, 0.1) is 31.9 Å². The van der Waals surface area contributed by atoms with Crippen molar-refractivity contribution in [3.05, 3.63) is 53.1 Å². The first-order valence-corrected chi connectivity index (χ1v) is 10.8. The van der Waals surface area contributed by atoms with Crippen LogP contribution < -0.4 is 25.4 Å². The minimum atomic E-state index is -1.08. The number of para-hydroxylation sites is 1. The maximum absolute atomic E-state index is 13.4. The number of anilines is 1. The van der Waals surface area contributed by atoms with E-state index >= 15 is 0 Å². The van der Waals surface area contributed by atoms with Gasteiger partial charge in [0.25, 0.3) is 5.91 Å². The van der Waals surface area contributed by atoms with Crippen LogP contribution in [-0.4, -0.2) is 61.9 Å². The first-order chi connectivity index (χ1) is 16.4. The number of nitrogens with one attached hydrogen (secondary N) is 3. The molecule has 4 amide bonds. The van der Waals surface area contributed by atoms with Gasteiger partial charge in [-0.25, -0.2) is 0 Å². The number of methoxy groups -OCH3 is 2. The molecule has 0 spiro atoms. The molecular formula is C24H26N4O6. The summed E-state index contributed by atoms with van der Waals surface area (Å²) >= 11 is 0. The standard InChI is InChI=1S/C24H26N4O6/c1-25-24(32)18-8-13-9-19(33-2)20(34-3)10-14(13)12-28(18)21(29)11-17-23(31)26-16-7-5-4-6-15(16)22(30)27-17/h4-7,9-10,17-18H,8,11-12H2,1-3H3,(H,25,32)(H,26,31)(H,27,30)/t17?,18-/m0/s1. The smallest absolute Gasteiger partial charge is 0.254 e.